The Morgan fingerprint density at radius 3 is 2.68 bits per heavy atom. The van der Waals surface area contributed by atoms with Crippen LogP contribution in [0.1, 0.15) is 16.2 Å². The first kappa shape index (κ1) is 14.4. The summed E-state index contributed by atoms with van der Waals surface area (Å²) >= 11 is 1.62. The molecular formula is C17H15N3OS. The van der Waals surface area contributed by atoms with Crippen molar-refractivity contribution in [2.45, 2.75) is 6.42 Å². The van der Waals surface area contributed by atoms with E-state index in [9.17, 15) is 4.79 Å². The highest BCUT2D eigenvalue weighted by Gasteiger charge is 2.07. The minimum Gasteiger partial charge on any atom is -0.350 e. The largest absolute Gasteiger partial charge is 0.350 e. The Hall–Kier alpha value is -2.53. The van der Waals surface area contributed by atoms with Crippen molar-refractivity contribution in [1.82, 2.24) is 15.3 Å². The number of hydrogen-bond donors (Lipinski definition) is 1. The fourth-order valence-electron chi connectivity index (χ4n) is 2.03. The van der Waals surface area contributed by atoms with Gasteiger partial charge in [0.15, 0.2) is 0 Å². The van der Waals surface area contributed by atoms with Gasteiger partial charge in [-0.15, -0.1) is 11.3 Å². The Morgan fingerprint density at radius 2 is 1.91 bits per heavy atom. The SMILES string of the molecule is O=C(NCCc1csc(-c2ccccc2)n1)c1ccccn1. The number of carbonyl (C=O) groups excluding carboxylic acids is 1. The van der Waals surface area contributed by atoms with Gasteiger partial charge in [0.25, 0.3) is 5.91 Å². The van der Waals surface area contributed by atoms with Crippen LogP contribution < -0.4 is 5.32 Å². The molecule has 110 valence electrons. The molecule has 2 heterocycles. The minimum absolute atomic E-state index is 0.154. The average Bonchev–Trinajstić information content (AvgIpc) is 3.05. The Kier molecular flexibility index (Phi) is 4.56. The number of nitrogens with zero attached hydrogens (tertiary/aromatic N) is 2. The maximum Gasteiger partial charge on any atom is 0.269 e. The van der Waals surface area contributed by atoms with E-state index in [-0.39, 0.29) is 5.91 Å². The Morgan fingerprint density at radius 1 is 1.09 bits per heavy atom. The number of benzene rings is 1. The minimum atomic E-state index is -0.154. The molecule has 5 heteroatoms. The molecule has 0 spiro atoms. The van der Waals surface area contributed by atoms with E-state index in [0.29, 0.717) is 18.7 Å². The molecule has 0 saturated heterocycles. The van der Waals surface area contributed by atoms with Gasteiger partial charge in [0.05, 0.1) is 5.69 Å². The molecule has 1 aromatic carbocycles. The van der Waals surface area contributed by atoms with Crippen molar-refractivity contribution in [3.8, 4) is 10.6 Å². The zero-order valence-corrected chi connectivity index (χ0v) is 12.7. The maximum absolute atomic E-state index is 11.9. The van der Waals surface area contributed by atoms with Crippen LogP contribution in [0.4, 0.5) is 0 Å². The Labute approximate surface area is 132 Å². The summed E-state index contributed by atoms with van der Waals surface area (Å²) in [5.74, 6) is -0.154. The highest BCUT2D eigenvalue weighted by atomic mass is 32.1. The van der Waals surface area contributed by atoms with E-state index < -0.39 is 0 Å². The molecule has 0 aliphatic rings. The monoisotopic (exact) mass is 309 g/mol. The summed E-state index contributed by atoms with van der Waals surface area (Å²) in [4.78, 5) is 20.5. The van der Waals surface area contributed by atoms with Gasteiger partial charge >= 0.3 is 0 Å². The quantitative estimate of drug-likeness (QED) is 0.787. The van der Waals surface area contributed by atoms with Crippen LogP contribution in [0.5, 0.6) is 0 Å². The molecular weight excluding hydrogens is 294 g/mol. The molecule has 0 bridgehead atoms. The number of hydrogen-bond acceptors (Lipinski definition) is 4. The third kappa shape index (κ3) is 3.56. The van der Waals surface area contributed by atoms with Crippen molar-refractivity contribution < 1.29 is 4.79 Å². The highest BCUT2D eigenvalue weighted by molar-refractivity contribution is 7.13. The van der Waals surface area contributed by atoms with Crippen molar-refractivity contribution in [1.29, 1.82) is 0 Å². The molecule has 0 aliphatic carbocycles. The van der Waals surface area contributed by atoms with E-state index in [0.717, 1.165) is 16.3 Å². The lowest BCUT2D eigenvalue weighted by atomic mass is 10.2. The van der Waals surface area contributed by atoms with E-state index in [2.05, 4.69) is 15.3 Å². The van der Waals surface area contributed by atoms with Crippen molar-refractivity contribution in [3.05, 3.63) is 71.5 Å². The first-order chi connectivity index (χ1) is 10.8. The molecule has 0 radical (unpaired) electrons. The molecule has 2 aromatic heterocycles. The molecule has 0 unspecified atom stereocenters. The van der Waals surface area contributed by atoms with Crippen molar-refractivity contribution >= 4 is 17.2 Å². The van der Waals surface area contributed by atoms with Gasteiger partial charge in [0, 0.05) is 30.1 Å². The summed E-state index contributed by atoms with van der Waals surface area (Å²) in [6.45, 7) is 0.549. The number of carbonyl (C=O) groups is 1. The van der Waals surface area contributed by atoms with Crippen molar-refractivity contribution in [3.63, 3.8) is 0 Å². The number of amides is 1. The summed E-state index contributed by atoms with van der Waals surface area (Å²) in [7, 11) is 0. The van der Waals surface area contributed by atoms with E-state index >= 15 is 0 Å². The molecule has 3 aromatic rings. The van der Waals surface area contributed by atoms with Gasteiger partial charge in [0.1, 0.15) is 10.7 Å². The van der Waals surface area contributed by atoms with Crippen LogP contribution in [0.15, 0.2) is 60.1 Å². The van der Waals surface area contributed by atoms with Crippen molar-refractivity contribution in [2.24, 2.45) is 0 Å². The normalized spacial score (nSPS) is 10.4. The lowest BCUT2D eigenvalue weighted by Gasteiger charge is -2.02. The van der Waals surface area contributed by atoms with Gasteiger partial charge < -0.3 is 5.32 Å². The second-order valence-corrected chi connectivity index (χ2v) is 5.59. The van der Waals surface area contributed by atoms with Crippen LogP contribution in [-0.2, 0) is 6.42 Å². The van der Waals surface area contributed by atoms with E-state index in [4.69, 9.17) is 0 Å². The first-order valence-corrected chi connectivity index (χ1v) is 7.90. The van der Waals surface area contributed by atoms with E-state index in [1.165, 1.54) is 0 Å². The molecule has 0 saturated carbocycles. The van der Waals surface area contributed by atoms with Gasteiger partial charge in [-0.25, -0.2) is 4.98 Å². The van der Waals surface area contributed by atoms with E-state index in [1.54, 1.807) is 35.7 Å². The summed E-state index contributed by atoms with van der Waals surface area (Å²) in [5.41, 5.74) is 2.55. The zero-order chi connectivity index (χ0) is 15.2. The summed E-state index contributed by atoms with van der Waals surface area (Å²) < 4.78 is 0. The molecule has 0 aliphatic heterocycles. The number of rotatable bonds is 5. The van der Waals surface area contributed by atoms with Crippen LogP contribution in [0.25, 0.3) is 10.6 Å². The molecule has 0 atom stereocenters. The fraction of sp³-hybridized carbons (Fsp3) is 0.118. The van der Waals surface area contributed by atoms with Gasteiger partial charge in [-0.3, -0.25) is 9.78 Å². The molecule has 22 heavy (non-hydrogen) atoms. The predicted octanol–water partition coefficient (Wildman–Crippen LogP) is 3.18. The van der Waals surface area contributed by atoms with Crippen LogP contribution in [0.2, 0.25) is 0 Å². The number of pyridine rings is 1. The third-order valence-electron chi connectivity index (χ3n) is 3.14. The zero-order valence-electron chi connectivity index (χ0n) is 11.9. The van der Waals surface area contributed by atoms with Crippen LogP contribution in [0, 0.1) is 0 Å². The van der Waals surface area contributed by atoms with Crippen molar-refractivity contribution in [2.75, 3.05) is 6.54 Å². The first-order valence-electron chi connectivity index (χ1n) is 7.02. The summed E-state index contributed by atoms with van der Waals surface area (Å²) in [6.07, 6.45) is 2.32. The topological polar surface area (TPSA) is 54.9 Å². The molecule has 0 fully saturated rings. The fourth-order valence-corrected chi connectivity index (χ4v) is 2.89. The second kappa shape index (κ2) is 6.95. The van der Waals surface area contributed by atoms with Gasteiger partial charge in [-0.1, -0.05) is 36.4 Å². The molecule has 1 N–H and O–H groups in total. The summed E-state index contributed by atoms with van der Waals surface area (Å²) in [6, 6.07) is 15.4. The second-order valence-electron chi connectivity index (χ2n) is 4.73. The number of thiazole rings is 1. The van der Waals surface area contributed by atoms with Crippen LogP contribution >= 0.6 is 11.3 Å². The van der Waals surface area contributed by atoms with E-state index in [1.807, 2.05) is 35.7 Å². The molecule has 4 nitrogen and oxygen atoms in total. The lowest BCUT2D eigenvalue weighted by Crippen LogP contribution is -2.26. The van der Waals surface area contributed by atoms with Gasteiger partial charge in [0.2, 0.25) is 0 Å². The van der Waals surface area contributed by atoms with Gasteiger partial charge in [-0.05, 0) is 12.1 Å². The molecule has 3 rings (SSSR count). The lowest BCUT2D eigenvalue weighted by molar-refractivity contribution is 0.0949. The Balaban J connectivity index is 1.55. The Bertz CT molecular complexity index is 741. The highest BCUT2D eigenvalue weighted by Crippen LogP contribution is 2.23. The van der Waals surface area contributed by atoms with Gasteiger partial charge in [-0.2, -0.15) is 0 Å². The maximum atomic E-state index is 11.9. The predicted molar refractivity (Wildman–Crippen MR) is 87.8 cm³/mol. The standard InChI is InChI=1S/C17H15N3OS/c21-16(15-8-4-5-10-18-15)19-11-9-14-12-22-17(20-14)13-6-2-1-3-7-13/h1-8,10,12H,9,11H2,(H,19,21). The average molecular weight is 309 g/mol. The molecule has 1 amide bonds. The smallest absolute Gasteiger partial charge is 0.269 e. The summed E-state index contributed by atoms with van der Waals surface area (Å²) in [5, 5.41) is 5.90. The third-order valence-corrected chi connectivity index (χ3v) is 4.08. The van der Waals surface area contributed by atoms with Crippen LogP contribution in [0.3, 0.4) is 0 Å². The number of nitrogens with one attached hydrogen (secondary N) is 1. The van der Waals surface area contributed by atoms with Crippen LogP contribution in [-0.4, -0.2) is 22.4 Å². The number of aromatic nitrogens is 2.